The molecular weight excluding hydrogens is 510 g/mol. The van der Waals surface area contributed by atoms with E-state index >= 15 is 0 Å². The molecule has 0 bridgehead atoms. The van der Waals surface area contributed by atoms with Crippen molar-refractivity contribution >= 4 is 28.8 Å². The van der Waals surface area contributed by atoms with Gasteiger partial charge in [0.15, 0.2) is 17.0 Å². The van der Waals surface area contributed by atoms with Gasteiger partial charge in [-0.1, -0.05) is 67.9 Å². The first-order valence-electron chi connectivity index (χ1n) is 15.1. The van der Waals surface area contributed by atoms with E-state index in [2.05, 4.69) is 94.4 Å². The van der Waals surface area contributed by atoms with Crippen molar-refractivity contribution in [3.63, 3.8) is 0 Å². The van der Waals surface area contributed by atoms with Gasteiger partial charge >= 0.3 is 0 Å². The molecule has 216 valence electrons. The standard InChI is InChI=1S/C33H43N7O/c1-5-6-20-39(24(4)41)29-18-16-28(17-19-29)36-33-37-31(30-32(38-33)40(22-35-30)23(2)3)34-21-25-12-14-27(15-13-25)26-10-8-7-9-11-26/h7-15,22-23,28-29H,5-6,16-21H2,1-4H3,(H2,34,36,37,38). The molecule has 1 aliphatic rings. The van der Waals surface area contributed by atoms with Gasteiger partial charge in [0, 0.05) is 38.1 Å². The Morgan fingerprint density at radius 3 is 2.37 bits per heavy atom. The minimum atomic E-state index is 0.191. The number of amides is 1. The highest BCUT2D eigenvalue weighted by atomic mass is 16.2. The van der Waals surface area contributed by atoms with Crippen molar-refractivity contribution in [1.82, 2.24) is 24.4 Å². The minimum Gasteiger partial charge on any atom is -0.364 e. The molecule has 2 aromatic heterocycles. The maximum atomic E-state index is 12.3. The largest absolute Gasteiger partial charge is 0.364 e. The fourth-order valence-electron chi connectivity index (χ4n) is 5.75. The first-order chi connectivity index (χ1) is 19.9. The van der Waals surface area contributed by atoms with Crippen LogP contribution in [0.1, 0.15) is 77.8 Å². The van der Waals surface area contributed by atoms with E-state index in [1.165, 1.54) is 16.7 Å². The highest BCUT2D eigenvalue weighted by Crippen LogP contribution is 2.28. The molecule has 2 aromatic carbocycles. The minimum absolute atomic E-state index is 0.191. The first-order valence-corrected chi connectivity index (χ1v) is 15.1. The van der Waals surface area contributed by atoms with Crippen LogP contribution in [0.5, 0.6) is 0 Å². The van der Waals surface area contributed by atoms with Crippen molar-refractivity contribution in [2.75, 3.05) is 17.2 Å². The summed E-state index contributed by atoms with van der Waals surface area (Å²) in [6.07, 6.45) is 7.98. The average molecular weight is 554 g/mol. The van der Waals surface area contributed by atoms with Gasteiger partial charge in [-0.05, 0) is 62.6 Å². The maximum absolute atomic E-state index is 12.3. The van der Waals surface area contributed by atoms with Crippen LogP contribution in [0.25, 0.3) is 22.3 Å². The second-order valence-electron chi connectivity index (χ2n) is 11.4. The lowest BCUT2D eigenvalue weighted by Gasteiger charge is -2.36. The molecule has 1 aliphatic carbocycles. The van der Waals surface area contributed by atoms with Crippen molar-refractivity contribution in [3.8, 4) is 11.1 Å². The average Bonchev–Trinajstić information content (AvgIpc) is 3.42. The quantitative estimate of drug-likeness (QED) is 0.207. The van der Waals surface area contributed by atoms with Gasteiger partial charge in [0.25, 0.3) is 0 Å². The molecule has 0 spiro atoms. The number of aromatic nitrogens is 4. The summed E-state index contributed by atoms with van der Waals surface area (Å²) in [4.78, 5) is 28.8. The molecule has 0 unspecified atom stereocenters. The number of imidazole rings is 1. The summed E-state index contributed by atoms with van der Waals surface area (Å²) in [6.45, 7) is 9.65. The lowest BCUT2D eigenvalue weighted by molar-refractivity contribution is -0.131. The third-order valence-corrected chi connectivity index (χ3v) is 8.13. The Balaban J connectivity index is 1.29. The van der Waals surface area contributed by atoms with Crippen molar-refractivity contribution in [2.45, 2.75) is 90.9 Å². The highest BCUT2D eigenvalue weighted by Gasteiger charge is 2.28. The predicted octanol–water partition coefficient (Wildman–Crippen LogP) is 7.06. The van der Waals surface area contributed by atoms with Crippen molar-refractivity contribution < 1.29 is 4.79 Å². The van der Waals surface area contributed by atoms with E-state index in [-0.39, 0.29) is 18.0 Å². The lowest BCUT2D eigenvalue weighted by Crippen LogP contribution is -2.43. The Labute approximate surface area is 243 Å². The van der Waals surface area contributed by atoms with Crippen molar-refractivity contribution in [1.29, 1.82) is 0 Å². The van der Waals surface area contributed by atoms with Gasteiger partial charge in [0.2, 0.25) is 11.9 Å². The molecule has 8 heteroatoms. The fourth-order valence-corrected chi connectivity index (χ4v) is 5.75. The Morgan fingerprint density at radius 2 is 1.71 bits per heavy atom. The summed E-state index contributed by atoms with van der Waals surface area (Å²) in [7, 11) is 0. The Morgan fingerprint density at radius 1 is 1.00 bits per heavy atom. The number of fused-ring (bicyclic) bond motifs is 1. The van der Waals surface area contributed by atoms with Crippen LogP contribution in [0.3, 0.4) is 0 Å². The number of hydrogen-bond donors (Lipinski definition) is 2. The van der Waals surface area contributed by atoms with Gasteiger partial charge in [-0.3, -0.25) is 4.79 Å². The summed E-state index contributed by atoms with van der Waals surface area (Å²) in [5.74, 6) is 1.55. The molecule has 0 aliphatic heterocycles. The summed E-state index contributed by atoms with van der Waals surface area (Å²) >= 11 is 0. The summed E-state index contributed by atoms with van der Waals surface area (Å²) in [6, 6.07) is 19.9. The lowest BCUT2D eigenvalue weighted by atomic mass is 9.90. The van der Waals surface area contributed by atoms with Crippen molar-refractivity contribution in [2.24, 2.45) is 0 Å². The summed E-state index contributed by atoms with van der Waals surface area (Å²) < 4.78 is 2.09. The van der Waals surface area contributed by atoms with Crippen LogP contribution in [0, 0.1) is 0 Å². The molecule has 0 radical (unpaired) electrons. The van der Waals surface area contributed by atoms with E-state index in [1.807, 2.05) is 12.4 Å². The number of unbranched alkanes of at least 4 members (excludes halogenated alkanes) is 1. The van der Waals surface area contributed by atoms with Crippen LogP contribution in [0.15, 0.2) is 60.9 Å². The topological polar surface area (TPSA) is 88.0 Å². The van der Waals surface area contributed by atoms with Crippen molar-refractivity contribution in [3.05, 3.63) is 66.5 Å². The zero-order chi connectivity index (χ0) is 28.8. The number of anilines is 2. The second kappa shape index (κ2) is 13.1. The van der Waals surface area contributed by atoms with Crippen LogP contribution in [0.4, 0.5) is 11.8 Å². The predicted molar refractivity (Wildman–Crippen MR) is 167 cm³/mol. The van der Waals surface area contributed by atoms with E-state index in [4.69, 9.17) is 9.97 Å². The Kier molecular flexibility index (Phi) is 9.17. The number of carbonyl (C=O) groups is 1. The SMILES string of the molecule is CCCCN(C(C)=O)C1CCC(Nc2nc(NCc3ccc(-c4ccccc4)cc3)c3ncn(C(C)C)c3n2)CC1. The number of nitrogens with one attached hydrogen (secondary N) is 2. The van der Waals surface area contributed by atoms with Gasteiger partial charge < -0.3 is 20.1 Å². The molecule has 8 nitrogen and oxygen atoms in total. The van der Waals surface area contributed by atoms with E-state index in [1.54, 1.807) is 6.92 Å². The molecular formula is C33H43N7O. The van der Waals surface area contributed by atoms with Crippen LogP contribution < -0.4 is 10.6 Å². The molecule has 41 heavy (non-hydrogen) atoms. The van der Waals surface area contributed by atoms with Crippen LogP contribution in [-0.4, -0.2) is 49.0 Å². The molecule has 0 atom stereocenters. The molecule has 2 N–H and O–H groups in total. The zero-order valence-corrected chi connectivity index (χ0v) is 24.8. The highest BCUT2D eigenvalue weighted by molar-refractivity contribution is 5.84. The van der Waals surface area contributed by atoms with Gasteiger partial charge in [0.1, 0.15) is 0 Å². The summed E-state index contributed by atoms with van der Waals surface area (Å²) in [5, 5.41) is 7.15. The Hall–Kier alpha value is -3.94. The normalized spacial score (nSPS) is 17.1. The van der Waals surface area contributed by atoms with Crippen LogP contribution in [0.2, 0.25) is 0 Å². The van der Waals surface area contributed by atoms with E-state index < -0.39 is 0 Å². The Bertz CT molecular complexity index is 1420. The number of benzene rings is 2. The molecule has 1 amide bonds. The van der Waals surface area contributed by atoms with Crippen LogP contribution in [-0.2, 0) is 11.3 Å². The second-order valence-corrected chi connectivity index (χ2v) is 11.4. The maximum Gasteiger partial charge on any atom is 0.227 e. The van der Waals surface area contributed by atoms with Gasteiger partial charge in [-0.2, -0.15) is 9.97 Å². The smallest absolute Gasteiger partial charge is 0.227 e. The van der Waals surface area contributed by atoms with E-state index in [0.29, 0.717) is 18.5 Å². The summed E-state index contributed by atoms with van der Waals surface area (Å²) in [5.41, 5.74) is 5.19. The van der Waals surface area contributed by atoms with E-state index in [9.17, 15) is 4.79 Å². The van der Waals surface area contributed by atoms with Crippen LogP contribution >= 0.6 is 0 Å². The molecule has 1 fully saturated rings. The number of carbonyl (C=O) groups excluding carboxylic acids is 1. The van der Waals surface area contributed by atoms with Gasteiger partial charge in [0.05, 0.1) is 6.33 Å². The monoisotopic (exact) mass is 553 g/mol. The third-order valence-electron chi connectivity index (χ3n) is 8.13. The molecule has 2 heterocycles. The number of nitrogens with zero attached hydrogens (tertiary/aromatic N) is 5. The molecule has 4 aromatic rings. The number of hydrogen-bond acceptors (Lipinski definition) is 6. The molecule has 5 rings (SSSR count). The number of rotatable bonds is 11. The zero-order valence-electron chi connectivity index (χ0n) is 24.8. The molecule has 1 saturated carbocycles. The van der Waals surface area contributed by atoms with E-state index in [0.717, 1.165) is 62.1 Å². The van der Waals surface area contributed by atoms with Gasteiger partial charge in [-0.25, -0.2) is 4.98 Å². The first kappa shape index (κ1) is 28.6. The fraction of sp³-hybridized carbons (Fsp3) is 0.455. The third kappa shape index (κ3) is 6.87. The van der Waals surface area contributed by atoms with Gasteiger partial charge in [-0.15, -0.1) is 0 Å². The molecule has 0 saturated heterocycles.